The van der Waals surface area contributed by atoms with Gasteiger partial charge in [-0.25, -0.2) is 0 Å². The maximum absolute atomic E-state index is 11.9. The Labute approximate surface area is 119 Å². The fourth-order valence-corrected chi connectivity index (χ4v) is 2.48. The molecule has 0 spiro atoms. The van der Waals surface area contributed by atoms with E-state index in [1.807, 2.05) is 19.1 Å². The molecular weight excluding hydrogens is 256 g/mol. The highest BCUT2D eigenvalue weighted by molar-refractivity contribution is 5.77. The molecule has 0 saturated carbocycles. The number of aliphatic hydroxyl groups is 1. The molecule has 1 amide bonds. The van der Waals surface area contributed by atoms with E-state index in [4.69, 9.17) is 10.5 Å². The molecule has 1 heterocycles. The largest absolute Gasteiger partial charge is 0.491 e. The number of benzene rings is 1. The Morgan fingerprint density at radius 1 is 1.45 bits per heavy atom. The van der Waals surface area contributed by atoms with Gasteiger partial charge in [0.15, 0.2) is 0 Å². The van der Waals surface area contributed by atoms with E-state index in [9.17, 15) is 9.90 Å². The van der Waals surface area contributed by atoms with Crippen LogP contribution in [0.4, 0.5) is 5.69 Å². The highest BCUT2D eigenvalue weighted by Gasteiger charge is 2.42. The van der Waals surface area contributed by atoms with E-state index in [-0.39, 0.29) is 5.91 Å². The second-order valence-corrected chi connectivity index (χ2v) is 5.36. The summed E-state index contributed by atoms with van der Waals surface area (Å²) in [4.78, 5) is 13.6. The van der Waals surface area contributed by atoms with Gasteiger partial charge < -0.3 is 20.5 Å². The van der Waals surface area contributed by atoms with Gasteiger partial charge in [-0.2, -0.15) is 0 Å². The molecule has 2 rings (SSSR count). The number of likely N-dealkylation sites (tertiary alicyclic amines) is 1. The van der Waals surface area contributed by atoms with E-state index in [1.54, 1.807) is 17.0 Å². The number of rotatable bonds is 6. The number of nitrogen functional groups attached to an aromatic ring is 1. The lowest BCUT2D eigenvalue weighted by molar-refractivity contribution is -0.157. The molecule has 0 radical (unpaired) electrons. The molecular formula is C15H22N2O3. The first-order valence-corrected chi connectivity index (χ1v) is 7.01. The average molecular weight is 278 g/mol. The third kappa shape index (κ3) is 3.42. The van der Waals surface area contributed by atoms with E-state index < -0.39 is 5.60 Å². The predicted octanol–water partition coefficient (Wildman–Crippen LogP) is 1.41. The van der Waals surface area contributed by atoms with Gasteiger partial charge >= 0.3 is 0 Å². The number of ether oxygens (including phenoxy) is 1. The number of nitrogens with two attached hydrogens (primary N) is 1. The molecule has 1 fully saturated rings. The lowest BCUT2D eigenvalue weighted by Gasteiger charge is -2.46. The Kier molecular flexibility index (Phi) is 4.49. The zero-order chi connectivity index (χ0) is 14.6. The summed E-state index contributed by atoms with van der Waals surface area (Å²) < 4.78 is 5.49. The third-order valence-corrected chi connectivity index (χ3v) is 3.53. The molecule has 5 nitrogen and oxygen atoms in total. The predicted molar refractivity (Wildman–Crippen MR) is 77.4 cm³/mol. The number of amides is 1. The van der Waals surface area contributed by atoms with Crippen molar-refractivity contribution in [3.63, 3.8) is 0 Å². The maximum Gasteiger partial charge on any atom is 0.226 e. The monoisotopic (exact) mass is 278 g/mol. The average Bonchev–Trinajstić information content (AvgIpc) is 2.38. The van der Waals surface area contributed by atoms with Crippen LogP contribution in [-0.4, -0.2) is 41.2 Å². The molecule has 1 aromatic carbocycles. The molecule has 0 atom stereocenters. The zero-order valence-corrected chi connectivity index (χ0v) is 11.8. The van der Waals surface area contributed by atoms with Gasteiger partial charge in [0.25, 0.3) is 0 Å². The van der Waals surface area contributed by atoms with Crippen LogP contribution in [0.15, 0.2) is 24.3 Å². The Balaban J connectivity index is 1.71. The highest BCUT2D eigenvalue weighted by Crippen LogP contribution is 2.26. The van der Waals surface area contributed by atoms with Crippen molar-refractivity contribution in [1.29, 1.82) is 0 Å². The number of anilines is 1. The van der Waals surface area contributed by atoms with Gasteiger partial charge in [0.2, 0.25) is 5.91 Å². The molecule has 0 aromatic heterocycles. The Morgan fingerprint density at radius 3 is 2.80 bits per heavy atom. The van der Waals surface area contributed by atoms with Crippen LogP contribution in [0.1, 0.15) is 26.2 Å². The maximum atomic E-state index is 11.9. The molecule has 0 unspecified atom stereocenters. The molecule has 5 heteroatoms. The van der Waals surface area contributed by atoms with Crippen LogP contribution in [0.5, 0.6) is 5.75 Å². The lowest BCUT2D eigenvalue weighted by atomic mass is 9.89. The first-order chi connectivity index (χ1) is 9.54. The van der Waals surface area contributed by atoms with Crippen LogP contribution in [0.2, 0.25) is 0 Å². The second-order valence-electron chi connectivity index (χ2n) is 5.36. The number of carbonyl (C=O) groups excluding carboxylic acids is 1. The van der Waals surface area contributed by atoms with Crippen molar-refractivity contribution in [2.24, 2.45) is 0 Å². The van der Waals surface area contributed by atoms with E-state index in [0.717, 1.165) is 12.8 Å². The van der Waals surface area contributed by atoms with Crippen molar-refractivity contribution in [1.82, 2.24) is 4.90 Å². The van der Waals surface area contributed by atoms with Gasteiger partial charge in [0, 0.05) is 0 Å². The summed E-state index contributed by atoms with van der Waals surface area (Å²) in [6, 6.07) is 7.22. The van der Waals surface area contributed by atoms with E-state index >= 15 is 0 Å². The van der Waals surface area contributed by atoms with Gasteiger partial charge in [-0.05, 0) is 18.6 Å². The summed E-state index contributed by atoms with van der Waals surface area (Å²) in [5, 5.41) is 10.0. The van der Waals surface area contributed by atoms with Gasteiger partial charge in [0.05, 0.1) is 37.4 Å². The van der Waals surface area contributed by atoms with Crippen molar-refractivity contribution in [2.75, 3.05) is 25.4 Å². The standard InChI is InChI=1S/C15H22N2O3/c1-2-8-15(19)10-17(11-15)14(18)7-9-20-13-6-4-3-5-12(13)16/h3-6,19H,2,7-11,16H2,1H3. The highest BCUT2D eigenvalue weighted by atomic mass is 16.5. The number of hydrogen-bond acceptors (Lipinski definition) is 4. The third-order valence-electron chi connectivity index (χ3n) is 3.53. The summed E-state index contributed by atoms with van der Waals surface area (Å²) >= 11 is 0. The number of carbonyl (C=O) groups is 1. The van der Waals surface area contributed by atoms with Crippen LogP contribution in [0, 0.1) is 0 Å². The fourth-order valence-electron chi connectivity index (χ4n) is 2.48. The SMILES string of the molecule is CCCC1(O)CN(C(=O)CCOc2ccccc2N)C1. The van der Waals surface area contributed by atoms with Gasteiger partial charge in [0.1, 0.15) is 5.75 Å². The first kappa shape index (κ1) is 14.7. The van der Waals surface area contributed by atoms with Gasteiger partial charge in [-0.15, -0.1) is 0 Å². The molecule has 1 aliphatic heterocycles. The smallest absolute Gasteiger partial charge is 0.226 e. The molecule has 3 N–H and O–H groups in total. The minimum atomic E-state index is -0.672. The Bertz CT molecular complexity index is 470. The van der Waals surface area contributed by atoms with Crippen molar-refractivity contribution in [2.45, 2.75) is 31.8 Å². The first-order valence-electron chi connectivity index (χ1n) is 7.01. The van der Waals surface area contributed by atoms with Crippen molar-refractivity contribution >= 4 is 11.6 Å². The number of para-hydroxylation sites is 2. The molecule has 1 aliphatic rings. The number of hydrogen-bond donors (Lipinski definition) is 2. The topological polar surface area (TPSA) is 75.8 Å². The fraction of sp³-hybridized carbons (Fsp3) is 0.533. The normalized spacial score (nSPS) is 16.6. The Morgan fingerprint density at radius 2 is 2.15 bits per heavy atom. The molecule has 0 aliphatic carbocycles. The molecule has 20 heavy (non-hydrogen) atoms. The minimum absolute atomic E-state index is 0.0141. The molecule has 0 bridgehead atoms. The lowest BCUT2D eigenvalue weighted by Crippen LogP contribution is -2.63. The van der Waals surface area contributed by atoms with Crippen molar-refractivity contribution in [3.8, 4) is 5.75 Å². The second kappa shape index (κ2) is 6.13. The summed E-state index contributed by atoms with van der Waals surface area (Å²) in [5.41, 5.74) is 5.65. The van der Waals surface area contributed by atoms with Crippen LogP contribution in [0.3, 0.4) is 0 Å². The molecule has 110 valence electrons. The van der Waals surface area contributed by atoms with E-state index in [1.165, 1.54) is 0 Å². The summed E-state index contributed by atoms with van der Waals surface area (Å²) in [6.07, 6.45) is 1.97. The summed E-state index contributed by atoms with van der Waals surface area (Å²) in [6.45, 7) is 3.20. The molecule has 1 saturated heterocycles. The number of β-amino-alcohol motifs (C(OH)–C–C–N with tert-alkyl or cyclic N) is 1. The van der Waals surface area contributed by atoms with Crippen LogP contribution in [0.25, 0.3) is 0 Å². The number of nitrogens with zero attached hydrogens (tertiary/aromatic N) is 1. The zero-order valence-electron chi connectivity index (χ0n) is 11.8. The summed E-state index contributed by atoms with van der Waals surface area (Å²) in [7, 11) is 0. The summed E-state index contributed by atoms with van der Waals surface area (Å²) in [5.74, 6) is 0.617. The van der Waals surface area contributed by atoms with E-state index in [0.29, 0.717) is 37.6 Å². The van der Waals surface area contributed by atoms with Crippen molar-refractivity contribution in [3.05, 3.63) is 24.3 Å². The van der Waals surface area contributed by atoms with Gasteiger partial charge in [-0.1, -0.05) is 25.5 Å². The van der Waals surface area contributed by atoms with Crippen LogP contribution < -0.4 is 10.5 Å². The van der Waals surface area contributed by atoms with E-state index in [2.05, 4.69) is 0 Å². The van der Waals surface area contributed by atoms with Gasteiger partial charge in [-0.3, -0.25) is 4.79 Å². The van der Waals surface area contributed by atoms with Crippen LogP contribution >= 0.6 is 0 Å². The quantitative estimate of drug-likeness (QED) is 0.771. The minimum Gasteiger partial charge on any atom is -0.491 e. The molecule has 1 aromatic rings. The Hall–Kier alpha value is -1.75. The van der Waals surface area contributed by atoms with Crippen molar-refractivity contribution < 1.29 is 14.6 Å². The van der Waals surface area contributed by atoms with Crippen LogP contribution in [-0.2, 0) is 4.79 Å².